The summed E-state index contributed by atoms with van der Waals surface area (Å²) < 4.78 is 44.9. The minimum absolute atomic E-state index is 0.132. The Bertz CT molecular complexity index is 394. The quantitative estimate of drug-likeness (QED) is 0.744. The number of hydrogen-bond acceptors (Lipinski definition) is 5. The lowest BCUT2D eigenvalue weighted by Gasteiger charge is -2.09. The molecule has 1 heterocycles. The molecule has 0 spiro atoms. The van der Waals surface area contributed by atoms with E-state index in [4.69, 9.17) is 4.52 Å². The SMILES string of the molecule is CC(C)CC(O)Cc1nc(CCOCC(F)(F)F)no1. The third-order valence-corrected chi connectivity index (χ3v) is 2.40. The molecule has 0 aliphatic heterocycles. The zero-order valence-corrected chi connectivity index (χ0v) is 11.5. The molecule has 5 nitrogen and oxygen atoms in total. The van der Waals surface area contributed by atoms with Gasteiger partial charge in [0.25, 0.3) is 0 Å². The molecule has 1 aromatic rings. The lowest BCUT2D eigenvalue weighted by Crippen LogP contribution is -2.18. The number of nitrogens with zero attached hydrogens (tertiary/aromatic N) is 2. The van der Waals surface area contributed by atoms with Crippen molar-refractivity contribution in [2.45, 2.75) is 45.4 Å². The van der Waals surface area contributed by atoms with Gasteiger partial charge in [-0.25, -0.2) is 0 Å². The first-order chi connectivity index (χ1) is 9.26. The normalized spacial score (nSPS) is 13.9. The van der Waals surface area contributed by atoms with Gasteiger partial charge in [-0.3, -0.25) is 0 Å². The fraction of sp³-hybridized carbons (Fsp3) is 0.833. The summed E-state index contributed by atoms with van der Waals surface area (Å²) >= 11 is 0. The van der Waals surface area contributed by atoms with Gasteiger partial charge in [-0.15, -0.1) is 0 Å². The molecule has 0 bridgehead atoms. The first kappa shape index (κ1) is 16.9. The molecule has 0 radical (unpaired) electrons. The molecule has 0 saturated carbocycles. The lowest BCUT2D eigenvalue weighted by atomic mass is 10.0. The Morgan fingerprint density at radius 1 is 1.35 bits per heavy atom. The summed E-state index contributed by atoms with van der Waals surface area (Å²) in [5.41, 5.74) is 0. The standard InChI is InChI=1S/C12H19F3N2O3/c1-8(2)5-9(18)6-11-16-10(17-20-11)3-4-19-7-12(13,14)15/h8-9,18H,3-7H2,1-2H3. The number of aromatic nitrogens is 2. The lowest BCUT2D eigenvalue weighted by molar-refractivity contribution is -0.173. The Kier molecular flexibility index (Phi) is 6.41. The van der Waals surface area contributed by atoms with Crippen LogP contribution in [0.1, 0.15) is 32.0 Å². The number of hydrogen-bond donors (Lipinski definition) is 1. The molecule has 20 heavy (non-hydrogen) atoms. The first-order valence-electron chi connectivity index (χ1n) is 6.40. The summed E-state index contributed by atoms with van der Waals surface area (Å²) in [6.45, 7) is 2.55. The maximum Gasteiger partial charge on any atom is 0.411 e. The van der Waals surface area contributed by atoms with Crippen molar-refractivity contribution in [1.29, 1.82) is 0 Å². The van der Waals surface area contributed by atoms with Gasteiger partial charge >= 0.3 is 6.18 Å². The van der Waals surface area contributed by atoms with E-state index >= 15 is 0 Å². The van der Waals surface area contributed by atoms with Crippen molar-refractivity contribution < 1.29 is 27.5 Å². The van der Waals surface area contributed by atoms with Crippen LogP contribution in [0.25, 0.3) is 0 Å². The van der Waals surface area contributed by atoms with Crippen LogP contribution in [0.3, 0.4) is 0 Å². The Balaban J connectivity index is 2.29. The topological polar surface area (TPSA) is 68.4 Å². The van der Waals surface area contributed by atoms with Crippen molar-refractivity contribution in [3.8, 4) is 0 Å². The maximum absolute atomic E-state index is 11.8. The predicted molar refractivity (Wildman–Crippen MR) is 64.0 cm³/mol. The number of aliphatic hydroxyl groups excluding tert-OH is 1. The summed E-state index contributed by atoms with van der Waals surface area (Å²) in [7, 11) is 0. The smallest absolute Gasteiger partial charge is 0.393 e. The molecule has 1 rings (SSSR count). The summed E-state index contributed by atoms with van der Waals surface area (Å²) in [4.78, 5) is 3.99. The number of ether oxygens (including phenoxy) is 1. The summed E-state index contributed by atoms with van der Waals surface area (Å²) in [5.74, 6) is 0.908. The van der Waals surface area contributed by atoms with Crippen molar-refractivity contribution in [3.05, 3.63) is 11.7 Å². The van der Waals surface area contributed by atoms with Crippen LogP contribution >= 0.6 is 0 Å². The Labute approximate surface area is 115 Å². The largest absolute Gasteiger partial charge is 0.411 e. The molecular weight excluding hydrogens is 277 g/mol. The van der Waals surface area contributed by atoms with Crippen molar-refractivity contribution in [3.63, 3.8) is 0 Å². The fourth-order valence-electron chi connectivity index (χ4n) is 1.66. The maximum atomic E-state index is 11.8. The van der Waals surface area contributed by atoms with Gasteiger partial charge in [0.05, 0.1) is 19.1 Å². The molecule has 8 heteroatoms. The summed E-state index contributed by atoms with van der Waals surface area (Å²) in [6, 6.07) is 0. The average molecular weight is 296 g/mol. The van der Waals surface area contributed by atoms with E-state index in [1.165, 1.54) is 0 Å². The Morgan fingerprint density at radius 2 is 2.05 bits per heavy atom. The zero-order chi connectivity index (χ0) is 15.2. The third kappa shape index (κ3) is 7.44. The highest BCUT2D eigenvalue weighted by Crippen LogP contribution is 2.14. The number of rotatable bonds is 8. The van der Waals surface area contributed by atoms with Crippen LogP contribution in [0, 0.1) is 5.92 Å². The van der Waals surface area contributed by atoms with E-state index in [9.17, 15) is 18.3 Å². The molecule has 1 aromatic heterocycles. The van der Waals surface area contributed by atoms with E-state index in [0.717, 1.165) is 0 Å². The molecule has 116 valence electrons. The molecular formula is C12H19F3N2O3. The second-order valence-electron chi connectivity index (χ2n) is 5.01. The van der Waals surface area contributed by atoms with Crippen LogP contribution in [-0.4, -0.2) is 40.7 Å². The monoisotopic (exact) mass is 296 g/mol. The molecule has 1 unspecified atom stereocenters. The second kappa shape index (κ2) is 7.58. The highest BCUT2D eigenvalue weighted by Gasteiger charge is 2.27. The minimum atomic E-state index is -4.33. The third-order valence-electron chi connectivity index (χ3n) is 2.40. The molecule has 1 N–H and O–H groups in total. The highest BCUT2D eigenvalue weighted by atomic mass is 19.4. The molecule has 0 aliphatic carbocycles. The van der Waals surface area contributed by atoms with E-state index in [0.29, 0.717) is 12.3 Å². The van der Waals surface area contributed by atoms with E-state index in [-0.39, 0.29) is 31.2 Å². The average Bonchev–Trinajstić information content (AvgIpc) is 2.69. The van der Waals surface area contributed by atoms with Gasteiger partial charge in [0.1, 0.15) is 6.61 Å². The molecule has 0 aromatic carbocycles. The Hall–Kier alpha value is -1.15. The van der Waals surface area contributed by atoms with E-state index in [1.54, 1.807) is 0 Å². The van der Waals surface area contributed by atoms with Crippen LogP contribution in [0.5, 0.6) is 0 Å². The first-order valence-corrected chi connectivity index (χ1v) is 6.40. The molecule has 0 saturated heterocycles. The summed E-state index contributed by atoms with van der Waals surface area (Å²) in [6.07, 6.45) is -3.89. The summed E-state index contributed by atoms with van der Waals surface area (Å²) in [5, 5.41) is 13.3. The van der Waals surface area contributed by atoms with Crippen molar-refractivity contribution in [2.75, 3.05) is 13.2 Å². The number of aliphatic hydroxyl groups is 1. The van der Waals surface area contributed by atoms with Gasteiger partial charge in [-0.05, 0) is 12.3 Å². The van der Waals surface area contributed by atoms with Crippen LogP contribution in [-0.2, 0) is 17.6 Å². The van der Waals surface area contributed by atoms with Crippen LogP contribution in [0.2, 0.25) is 0 Å². The molecule has 0 amide bonds. The van der Waals surface area contributed by atoms with E-state index in [1.807, 2.05) is 13.8 Å². The van der Waals surface area contributed by atoms with E-state index in [2.05, 4.69) is 14.9 Å². The van der Waals surface area contributed by atoms with Crippen LogP contribution in [0.4, 0.5) is 13.2 Å². The van der Waals surface area contributed by atoms with Crippen molar-refractivity contribution in [2.24, 2.45) is 5.92 Å². The highest BCUT2D eigenvalue weighted by molar-refractivity contribution is 4.88. The predicted octanol–water partition coefficient (Wildman–Crippen LogP) is 2.14. The van der Waals surface area contributed by atoms with Crippen LogP contribution < -0.4 is 0 Å². The van der Waals surface area contributed by atoms with Crippen molar-refractivity contribution in [1.82, 2.24) is 10.1 Å². The minimum Gasteiger partial charge on any atom is -0.393 e. The molecule has 0 aliphatic rings. The number of alkyl halides is 3. The van der Waals surface area contributed by atoms with Gasteiger partial charge in [0, 0.05) is 6.42 Å². The van der Waals surface area contributed by atoms with Gasteiger partial charge in [-0.1, -0.05) is 19.0 Å². The van der Waals surface area contributed by atoms with Crippen LogP contribution in [0.15, 0.2) is 4.52 Å². The van der Waals surface area contributed by atoms with Gasteiger partial charge in [0.2, 0.25) is 5.89 Å². The number of halogens is 3. The van der Waals surface area contributed by atoms with Gasteiger partial charge in [0.15, 0.2) is 5.82 Å². The Morgan fingerprint density at radius 3 is 2.65 bits per heavy atom. The molecule has 0 fully saturated rings. The van der Waals surface area contributed by atoms with E-state index < -0.39 is 18.9 Å². The van der Waals surface area contributed by atoms with Gasteiger partial charge in [-0.2, -0.15) is 18.2 Å². The molecule has 1 atom stereocenters. The van der Waals surface area contributed by atoms with Gasteiger partial charge < -0.3 is 14.4 Å². The zero-order valence-electron chi connectivity index (χ0n) is 11.5. The fourth-order valence-corrected chi connectivity index (χ4v) is 1.66. The van der Waals surface area contributed by atoms with Crippen molar-refractivity contribution >= 4 is 0 Å². The second-order valence-corrected chi connectivity index (χ2v) is 5.01.